The second kappa shape index (κ2) is 8.98. The van der Waals surface area contributed by atoms with Crippen LogP contribution >= 0.6 is 15.9 Å². The van der Waals surface area contributed by atoms with Gasteiger partial charge in [0.1, 0.15) is 0 Å². The maximum Gasteiger partial charge on any atom is 0.337 e. The minimum Gasteiger partial charge on any atom is -0.465 e. The summed E-state index contributed by atoms with van der Waals surface area (Å²) >= 11 is 3.32. The Morgan fingerprint density at radius 2 is 1.56 bits per heavy atom. The largest absolute Gasteiger partial charge is 0.465 e. The van der Waals surface area contributed by atoms with Gasteiger partial charge in [-0.3, -0.25) is 9.59 Å². The van der Waals surface area contributed by atoms with Crippen LogP contribution in [0.3, 0.4) is 0 Å². The van der Waals surface area contributed by atoms with Gasteiger partial charge in [0.05, 0.1) is 12.7 Å². The molecule has 0 atom stereocenters. The number of nitrogens with one attached hydrogen (secondary N) is 2. The Bertz CT molecular complexity index is 758. The Hall–Kier alpha value is -2.67. The number of hydrogen-bond donors (Lipinski definition) is 2. The molecule has 0 aromatic heterocycles. The van der Waals surface area contributed by atoms with E-state index >= 15 is 0 Å². The van der Waals surface area contributed by atoms with Crippen molar-refractivity contribution < 1.29 is 19.1 Å². The molecule has 2 aromatic rings. The van der Waals surface area contributed by atoms with E-state index in [-0.39, 0.29) is 24.8 Å². The SMILES string of the molecule is COC(=O)c1ccc(C(=O)NCCC(=O)Nc2ccc(Br)cc2)cc1. The van der Waals surface area contributed by atoms with Gasteiger partial charge < -0.3 is 15.4 Å². The summed E-state index contributed by atoms with van der Waals surface area (Å²) in [5.74, 6) is -0.965. The topological polar surface area (TPSA) is 84.5 Å². The van der Waals surface area contributed by atoms with E-state index in [1.807, 2.05) is 12.1 Å². The van der Waals surface area contributed by atoms with Crippen molar-refractivity contribution in [1.29, 1.82) is 0 Å². The van der Waals surface area contributed by atoms with Gasteiger partial charge in [-0.25, -0.2) is 4.79 Å². The van der Waals surface area contributed by atoms with E-state index in [0.29, 0.717) is 16.8 Å². The predicted octanol–water partition coefficient (Wildman–Crippen LogP) is 2.99. The highest BCUT2D eigenvalue weighted by Crippen LogP contribution is 2.14. The number of anilines is 1. The molecule has 0 heterocycles. The van der Waals surface area contributed by atoms with Gasteiger partial charge in [0.2, 0.25) is 5.91 Å². The molecule has 0 fully saturated rings. The van der Waals surface area contributed by atoms with Gasteiger partial charge in [0.25, 0.3) is 5.91 Å². The lowest BCUT2D eigenvalue weighted by Gasteiger charge is -2.07. The maximum absolute atomic E-state index is 12.0. The van der Waals surface area contributed by atoms with Crippen LogP contribution in [-0.2, 0) is 9.53 Å². The molecule has 2 amide bonds. The molecule has 2 N–H and O–H groups in total. The van der Waals surface area contributed by atoms with Gasteiger partial charge in [-0.1, -0.05) is 15.9 Å². The first-order valence-corrected chi connectivity index (χ1v) is 8.31. The molecule has 0 unspecified atom stereocenters. The highest BCUT2D eigenvalue weighted by Gasteiger charge is 2.09. The zero-order chi connectivity index (χ0) is 18.2. The first-order valence-electron chi connectivity index (χ1n) is 7.51. The molecule has 6 nitrogen and oxygen atoms in total. The fourth-order valence-corrected chi connectivity index (χ4v) is 2.29. The minimum absolute atomic E-state index is 0.155. The van der Waals surface area contributed by atoms with E-state index in [1.54, 1.807) is 12.1 Å². The van der Waals surface area contributed by atoms with Crippen LogP contribution in [0.1, 0.15) is 27.1 Å². The van der Waals surface area contributed by atoms with Crippen molar-refractivity contribution in [2.45, 2.75) is 6.42 Å². The lowest BCUT2D eigenvalue weighted by molar-refractivity contribution is -0.116. The van der Waals surface area contributed by atoms with Crippen LogP contribution in [0.15, 0.2) is 53.0 Å². The van der Waals surface area contributed by atoms with Crippen LogP contribution in [0.2, 0.25) is 0 Å². The smallest absolute Gasteiger partial charge is 0.337 e. The van der Waals surface area contributed by atoms with Crippen molar-refractivity contribution in [3.05, 3.63) is 64.1 Å². The number of carbonyl (C=O) groups excluding carboxylic acids is 3. The molecule has 0 saturated heterocycles. The molecular formula is C18H17BrN2O4. The van der Waals surface area contributed by atoms with E-state index in [9.17, 15) is 14.4 Å². The lowest BCUT2D eigenvalue weighted by atomic mass is 10.1. The molecule has 0 aliphatic rings. The third kappa shape index (κ3) is 5.72. The second-order valence-electron chi connectivity index (χ2n) is 5.13. The standard InChI is InChI=1S/C18H17BrN2O4/c1-25-18(24)13-4-2-12(3-5-13)17(23)20-11-10-16(22)21-15-8-6-14(19)7-9-15/h2-9H,10-11H2,1H3,(H,20,23)(H,21,22). The zero-order valence-corrected chi connectivity index (χ0v) is 15.1. The fourth-order valence-electron chi connectivity index (χ4n) is 2.02. The van der Waals surface area contributed by atoms with E-state index in [4.69, 9.17) is 0 Å². The van der Waals surface area contributed by atoms with Crippen molar-refractivity contribution in [2.24, 2.45) is 0 Å². The molecule has 0 aliphatic heterocycles. The van der Waals surface area contributed by atoms with Crippen molar-refractivity contribution >= 4 is 39.4 Å². The summed E-state index contributed by atoms with van der Waals surface area (Å²) in [5.41, 5.74) is 1.46. The van der Waals surface area contributed by atoms with Crippen LogP contribution in [0.25, 0.3) is 0 Å². The maximum atomic E-state index is 12.0. The number of halogens is 1. The third-order valence-corrected chi connectivity index (χ3v) is 3.86. The normalized spacial score (nSPS) is 10.0. The monoisotopic (exact) mass is 404 g/mol. The summed E-state index contributed by atoms with van der Waals surface area (Å²) < 4.78 is 5.52. The number of amides is 2. The fraction of sp³-hybridized carbons (Fsp3) is 0.167. The van der Waals surface area contributed by atoms with Gasteiger partial charge in [0, 0.05) is 28.7 Å². The minimum atomic E-state index is -0.462. The van der Waals surface area contributed by atoms with Crippen LogP contribution in [0, 0.1) is 0 Å². The number of rotatable bonds is 6. The molecule has 0 saturated carbocycles. The first-order chi connectivity index (χ1) is 12.0. The van der Waals surface area contributed by atoms with Crippen LogP contribution in [0.5, 0.6) is 0 Å². The van der Waals surface area contributed by atoms with Crippen LogP contribution in [-0.4, -0.2) is 31.4 Å². The average Bonchev–Trinajstić information content (AvgIpc) is 2.63. The molecule has 130 valence electrons. The molecule has 2 aromatic carbocycles. The van der Waals surface area contributed by atoms with Gasteiger partial charge in [-0.15, -0.1) is 0 Å². The van der Waals surface area contributed by atoms with E-state index in [1.165, 1.54) is 31.4 Å². The third-order valence-electron chi connectivity index (χ3n) is 3.33. The zero-order valence-electron chi connectivity index (χ0n) is 13.5. The Morgan fingerprint density at radius 1 is 0.960 bits per heavy atom. The van der Waals surface area contributed by atoms with Gasteiger partial charge in [0.15, 0.2) is 0 Å². The van der Waals surface area contributed by atoms with E-state index in [0.717, 1.165) is 4.47 Å². The number of esters is 1. The van der Waals surface area contributed by atoms with Gasteiger partial charge in [-0.05, 0) is 48.5 Å². The molecule has 2 rings (SSSR count). The summed E-state index contributed by atoms with van der Waals surface area (Å²) in [6.07, 6.45) is 0.155. The molecule has 7 heteroatoms. The Balaban J connectivity index is 1.78. The van der Waals surface area contributed by atoms with Crippen molar-refractivity contribution in [3.63, 3.8) is 0 Å². The summed E-state index contributed by atoms with van der Waals surface area (Å²) in [7, 11) is 1.29. The molecule has 0 bridgehead atoms. The highest BCUT2D eigenvalue weighted by molar-refractivity contribution is 9.10. The van der Waals surface area contributed by atoms with Crippen molar-refractivity contribution in [3.8, 4) is 0 Å². The summed E-state index contributed by atoms with van der Waals surface area (Å²) in [6, 6.07) is 13.3. The quantitative estimate of drug-likeness (QED) is 0.724. The van der Waals surface area contributed by atoms with Gasteiger partial charge >= 0.3 is 5.97 Å². The summed E-state index contributed by atoms with van der Waals surface area (Å²) in [5, 5.41) is 5.41. The average molecular weight is 405 g/mol. The number of carbonyl (C=O) groups is 3. The molecule has 0 radical (unpaired) electrons. The number of benzene rings is 2. The number of methoxy groups -OCH3 is 1. The molecule has 0 aliphatic carbocycles. The lowest BCUT2D eigenvalue weighted by Crippen LogP contribution is -2.27. The van der Waals surface area contributed by atoms with Crippen LogP contribution in [0.4, 0.5) is 5.69 Å². The predicted molar refractivity (Wildman–Crippen MR) is 97.5 cm³/mol. The number of hydrogen-bond acceptors (Lipinski definition) is 4. The van der Waals surface area contributed by atoms with Gasteiger partial charge in [-0.2, -0.15) is 0 Å². The molecular weight excluding hydrogens is 388 g/mol. The van der Waals surface area contributed by atoms with E-state index in [2.05, 4.69) is 31.3 Å². The summed E-state index contributed by atoms with van der Waals surface area (Å²) in [4.78, 5) is 35.2. The number of ether oxygens (including phenoxy) is 1. The highest BCUT2D eigenvalue weighted by atomic mass is 79.9. The summed E-state index contributed by atoms with van der Waals surface area (Å²) in [6.45, 7) is 0.208. The van der Waals surface area contributed by atoms with E-state index < -0.39 is 5.97 Å². The Kier molecular flexibility index (Phi) is 6.71. The molecule has 25 heavy (non-hydrogen) atoms. The second-order valence-corrected chi connectivity index (χ2v) is 6.05. The Labute approximate surface area is 153 Å². The van der Waals surface area contributed by atoms with Crippen molar-refractivity contribution in [2.75, 3.05) is 19.0 Å². The Morgan fingerprint density at radius 3 is 2.16 bits per heavy atom. The van der Waals surface area contributed by atoms with Crippen molar-refractivity contribution in [1.82, 2.24) is 5.32 Å². The van der Waals surface area contributed by atoms with Crippen LogP contribution < -0.4 is 10.6 Å². The molecule has 0 spiro atoms. The first kappa shape index (κ1) is 18.7.